The van der Waals surface area contributed by atoms with E-state index in [0.717, 1.165) is 6.20 Å². The van der Waals surface area contributed by atoms with Gasteiger partial charge in [-0.25, -0.2) is 9.78 Å². The summed E-state index contributed by atoms with van der Waals surface area (Å²) in [6.07, 6.45) is 1.16. The molecule has 0 saturated carbocycles. The topological polar surface area (TPSA) is 81.8 Å². The van der Waals surface area contributed by atoms with Crippen LogP contribution in [-0.4, -0.2) is 22.9 Å². The molecule has 1 aliphatic heterocycles. The molecule has 3 rings (SSSR count). The van der Waals surface area contributed by atoms with Gasteiger partial charge in [-0.2, -0.15) is 0 Å². The number of rotatable bonds is 2. The van der Waals surface area contributed by atoms with Gasteiger partial charge in [-0.05, 0) is 12.1 Å². The van der Waals surface area contributed by atoms with Crippen molar-refractivity contribution in [3.05, 3.63) is 30.2 Å². The summed E-state index contributed by atoms with van der Waals surface area (Å²) in [6, 6.07) is 5.24. The standard InChI is InChI=1S/C11H7NO5/c13-11(14)8-4-12-10(17-8)6-2-1-3-7-9(6)16-5-15-7/h1-4H,5H2,(H,13,14). The van der Waals surface area contributed by atoms with E-state index in [-0.39, 0.29) is 18.4 Å². The van der Waals surface area contributed by atoms with Crippen LogP contribution >= 0.6 is 0 Å². The molecule has 0 aliphatic carbocycles. The molecule has 0 radical (unpaired) electrons. The van der Waals surface area contributed by atoms with Crippen molar-refractivity contribution in [3.63, 3.8) is 0 Å². The fourth-order valence-electron chi connectivity index (χ4n) is 1.60. The van der Waals surface area contributed by atoms with Crippen LogP contribution in [0.15, 0.2) is 28.8 Å². The highest BCUT2D eigenvalue weighted by molar-refractivity contribution is 5.84. The molecule has 0 saturated heterocycles. The number of carboxylic acid groups (broad SMARTS) is 1. The maximum absolute atomic E-state index is 10.7. The number of aromatic nitrogens is 1. The number of hydrogen-bond acceptors (Lipinski definition) is 5. The van der Waals surface area contributed by atoms with Crippen LogP contribution in [0.1, 0.15) is 10.6 Å². The van der Waals surface area contributed by atoms with Crippen molar-refractivity contribution >= 4 is 5.97 Å². The van der Waals surface area contributed by atoms with E-state index >= 15 is 0 Å². The van der Waals surface area contributed by atoms with Crippen LogP contribution in [0.3, 0.4) is 0 Å². The molecule has 86 valence electrons. The Balaban J connectivity index is 2.09. The molecule has 6 heteroatoms. The van der Waals surface area contributed by atoms with E-state index in [9.17, 15) is 4.79 Å². The van der Waals surface area contributed by atoms with Gasteiger partial charge in [-0.3, -0.25) is 0 Å². The Morgan fingerprint density at radius 2 is 2.24 bits per heavy atom. The van der Waals surface area contributed by atoms with Crippen LogP contribution in [0.4, 0.5) is 0 Å². The Morgan fingerprint density at radius 1 is 1.35 bits per heavy atom. The van der Waals surface area contributed by atoms with Crippen LogP contribution in [0.2, 0.25) is 0 Å². The number of benzene rings is 1. The van der Waals surface area contributed by atoms with E-state index in [4.69, 9.17) is 19.0 Å². The molecule has 0 atom stereocenters. The largest absolute Gasteiger partial charge is 0.475 e. The van der Waals surface area contributed by atoms with Crippen molar-refractivity contribution in [2.45, 2.75) is 0 Å². The molecule has 0 amide bonds. The van der Waals surface area contributed by atoms with E-state index in [0.29, 0.717) is 17.1 Å². The maximum atomic E-state index is 10.7. The lowest BCUT2D eigenvalue weighted by molar-refractivity contribution is 0.0663. The Kier molecular flexibility index (Phi) is 2.01. The van der Waals surface area contributed by atoms with E-state index in [1.807, 2.05) is 0 Å². The average Bonchev–Trinajstić information content (AvgIpc) is 2.97. The van der Waals surface area contributed by atoms with Crippen molar-refractivity contribution in [3.8, 4) is 23.0 Å². The lowest BCUT2D eigenvalue weighted by Gasteiger charge is -2.00. The maximum Gasteiger partial charge on any atom is 0.373 e. The third-order valence-corrected chi connectivity index (χ3v) is 2.34. The predicted molar refractivity (Wildman–Crippen MR) is 55.0 cm³/mol. The lowest BCUT2D eigenvalue weighted by Crippen LogP contribution is -1.93. The van der Waals surface area contributed by atoms with Crippen molar-refractivity contribution < 1.29 is 23.8 Å². The molecule has 2 heterocycles. The Labute approximate surface area is 95.4 Å². The molecule has 2 aromatic rings. The number of aromatic carboxylic acids is 1. The van der Waals surface area contributed by atoms with E-state index in [2.05, 4.69) is 4.98 Å². The highest BCUT2D eigenvalue weighted by atomic mass is 16.7. The van der Waals surface area contributed by atoms with Gasteiger partial charge in [0.25, 0.3) is 0 Å². The minimum atomic E-state index is -1.16. The van der Waals surface area contributed by atoms with Gasteiger partial charge in [0.2, 0.25) is 18.4 Å². The van der Waals surface area contributed by atoms with Crippen molar-refractivity contribution in [1.29, 1.82) is 0 Å². The van der Waals surface area contributed by atoms with Crippen molar-refractivity contribution in [2.24, 2.45) is 0 Å². The number of para-hydroxylation sites is 1. The minimum absolute atomic E-state index is 0.138. The zero-order valence-electron chi connectivity index (χ0n) is 8.54. The fraction of sp³-hybridized carbons (Fsp3) is 0.0909. The first kappa shape index (κ1) is 9.71. The summed E-state index contributed by atoms with van der Waals surface area (Å²) in [6.45, 7) is 0.138. The van der Waals surface area contributed by atoms with E-state index in [1.165, 1.54) is 0 Å². The quantitative estimate of drug-likeness (QED) is 0.851. The zero-order valence-corrected chi connectivity index (χ0v) is 8.54. The van der Waals surface area contributed by atoms with Gasteiger partial charge in [0.1, 0.15) is 0 Å². The van der Waals surface area contributed by atoms with Gasteiger partial charge in [0.05, 0.1) is 11.8 Å². The summed E-state index contributed by atoms with van der Waals surface area (Å²) >= 11 is 0. The van der Waals surface area contributed by atoms with Crippen molar-refractivity contribution in [2.75, 3.05) is 6.79 Å². The molecule has 1 N–H and O–H groups in total. The monoisotopic (exact) mass is 233 g/mol. The first-order valence-electron chi connectivity index (χ1n) is 4.84. The first-order valence-corrected chi connectivity index (χ1v) is 4.84. The Morgan fingerprint density at radius 3 is 3.00 bits per heavy atom. The predicted octanol–water partition coefficient (Wildman–Crippen LogP) is 1.77. The summed E-state index contributed by atoms with van der Waals surface area (Å²) in [7, 11) is 0. The average molecular weight is 233 g/mol. The van der Waals surface area contributed by atoms with Crippen LogP contribution < -0.4 is 9.47 Å². The normalized spacial score (nSPS) is 12.7. The Bertz CT molecular complexity index is 589. The number of hydrogen-bond donors (Lipinski definition) is 1. The highest BCUT2D eigenvalue weighted by Gasteiger charge is 2.22. The van der Waals surface area contributed by atoms with Gasteiger partial charge < -0.3 is 19.0 Å². The molecule has 17 heavy (non-hydrogen) atoms. The summed E-state index contributed by atoms with van der Waals surface area (Å²) in [5.41, 5.74) is 0.576. The fourth-order valence-corrected chi connectivity index (χ4v) is 1.60. The summed E-state index contributed by atoms with van der Waals surface area (Å²) < 4.78 is 15.6. The highest BCUT2D eigenvalue weighted by Crippen LogP contribution is 2.40. The molecular formula is C11H7NO5. The second-order valence-electron chi connectivity index (χ2n) is 3.37. The van der Waals surface area contributed by atoms with Gasteiger partial charge in [0, 0.05) is 0 Å². The molecule has 0 fully saturated rings. The second-order valence-corrected chi connectivity index (χ2v) is 3.37. The lowest BCUT2D eigenvalue weighted by atomic mass is 10.2. The number of carbonyl (C=O) groups is 1. The summed E-state index contributed by atoms with van der Waals surface area (Å²) in [5, 5.41) is 8.75. The van der Waals surface area contributed by atoms with Crippen LogP contribution in [0.25, 0.3) is 11.5 Å². The van der Waals surface area contributed by atoms with Gasteiger partial charge in [-0.1, -0.05) is 6.07 Å². The van der Waals surface area contributed by atoms with Gasteiger partial charge in [-0.15, -0.1) is 0 Å². The van der Waals surface area contributed by atoms with Crippen LogP contribution in [0, 0.1) is 0 Å². The molecule has 0 bridgehead atoms. The number of carboxylic acids is 1. The van der Waals surface area contributed by atoms with Crippen LogP contribution in [-0.2, 0) is 0 Å². The molecular weight excluding hydrogens is 226 g/mol. The number of ether oxygens (including phenoxy) is 2. The van der Waals surface area contributed by atoms with E-state index in [1.54, 1.807) is 18.2 Å². The number of oxazole rings is 1. The first-order chi connectivity index (χ1) is 8.25. The smallest absolute Gasteiger partial charge is 0.373 e. The summed E-state index contributed by atoms with van der Waals surface area (Å²) in [4.78, 5) is 14.6. The third kappa shape index (κ3) is 1.50. The van der Waals surface area contributed by atoms with Crippen LogP contribution in [0.5, 0.6) is 11.5 Å². The van der Waals surface area contributed by atoms with Gasteiger partial charge in [0.15, 0.2) is 11.5 Å². The molecule has 0 unspecified atom stereocenters. The zero-order chi connectivity index (χ0) is 11.8. The number of nitrogens with zero attached hydrogens (tertiary/aromatic N) is 1. The molecule has 1 aliphatic rings. The Hall–Kier alpha value is -2.50. The third-order valence-electron chi connectivity index (χ3n) is 2.34. The SMILES string of the molecule is O=C(O)c1cnc(-c2cccc3c2OCO3)o1. The molecule has 1 aromatic carbocycles. The molecule has 0 spiro atoms. The van der Waals surface area contributed by atoms with Gasteiger partial charge >= 0.3 is 5.97 Å². The van der Waals surface area contributed by atoms with E-state index < -0.39 is 5.97 Å². The summed E-state index contributed by atoms with van der Waals surface area (Å²) in [5.74, 6) is -0.0568. The van der Waals surface area contributed by atoms with Crippen molar-refractivity contribution in [1.82, 2.24) is 4.98 Å². The number of fused-ring (bicyclic) bond motifs is 1. The second kappa shape index (κ2) is 3.51. The minimum Gasteiger partial charge on any atom is -0.475 e. The molecule has 6 nitrogen and oxygen atoms in total. The molecule has 1 aromatic heterocycles.